The van der Waals surface area contributed by atoms with Crippen LogP contribution in [0.2, 0.25) is 0 Å². The molecule has 2 N–H and O–H groups in total. The summed E-state index contributed by atoms with van der Waals surface area (Å²) >= 11 is 0. The molecular formula is C11H16F3N3O3S. The minimum absolute atomic E-state index is 0.0670. The lowest BCUT2D eigenvalue weighted by atomic mass is 10.4. The third kappa shape index (κ3) is 6.27. The summed E-state index contributed by atoms with van der Waals surface area (Å²) in [5.74, 6) is 0.184. The highest BCUT2D eigenvalue weighted by atomic mass is 32.2. The van der Waals surface area contributed by atoms with Crippen molar-refractivity contribution < 1.29 is 26.3 Å². The normalized spacial score (nSPS) is 12.4. The molecule has 0 aliphatic rings. The van der Waals surface area contributed by atoms with E-state index in [-0.39, 0.29) is 23.9 Å². The summed E-state index contributed by atoms with van der Waals surface area (Å²) in [6.07, 6.45) is -3.00. The van der Waals surface area contributed by atoms with Gasteiger partial charge in [-0.3, -0.25) is 0 Å². The smallest absolute Gasteiger partial charge is 0.371 e. The van der Waals surface area contributed by atoms with E-state index < -0.39 is 22.8 Å². The zero-order valence-electron chi connectivity index (χ0n) is 11.3. The number of rotatable bonds is 8. The number of nitrogens with zero attached hydrogens (tertiary/aromatic N) is 1. The molecule has 0 aliphatic heterocycles. The highest BCUT2D eigenvalue weighted by molar-refractivity contribution is 7.89. The maximum atomic E-state index is 12.0. The Labute approximate surface area is 120 Å². The molecule has 21 heavy (non-hydrogen) atoms. The number of pyridine rings is 1. The minimum atomic E-state index is -4.43. The van der Waals surface area contributed by atoms with Crippen LogP contribution in [-0.4, -0.2) is 45.9 Å². The van der Waals surface area contributed by atoms with Gasteiger partial charge >= 0.3 is 6.18 Å². The van der Waals surface area contributed by atoms with Crippen molar-refractivity contribution in [2.45, 2.75) is 18.0 Å². The predicted molar refractivity (Wildman–Crippen MR) is 70.5 cm³/mol. The van der Waals surface area contributed by atoms with Gasteiger partial charge in [-0.2, -0.15) is 13.2 Å². The Morgan fingerprint density at radius 1 is 1.38 bits per heavy atom. The van der Waals surface area contributed by atoms with Crippen molar-refractivity contribution in [2.24, 2.45) is 0 Å². The third-order valence-corrected chi connectivity index (χ3v) is 3.70. The summed E-state index contributed by atoms with van der Waals surface area (Å²) in [5, 5.41) is 2.79. The van der Waals surface area contributed by atoms with Gasteiger partial charge in [0.1, 0.15) is 17.3 Å². The molecule has 10 heteroatoms. The average Bonchev–Trinajstić information content (AvgIpc) is 2.37. The predicted octanol–water partition coefficient (Wildman–Crippen LogP) is 1.37. The molecule has 0 saturated heterocycles. The molecule has 1 aromatic heterocycles. The van der Waals surface area contributed by atoms with Gasteiger partial charge < -0.3 is 10.1 Å². The molecule has 0 atom stereocenters. The molecule has 6 nitrogen and oxygen atoms in total. The van der Waals surface area contributed by atoms with Crippen LogP contribution in [0.1, 0.15) is 6.92 Å². The molecule has 0 aromatic carbocycles. The second kappa shape index (κ2) is 7.57. The molecule has 0 unspecified atom stereocenters. The van der Waals surface area contributed by atoms with E-state index in [0.29, 0.717) is 6.54 Å². The quantitative estimate of drug-likeness (QED) is 0.705. The zero-order valence-corrected chi connectivity index (χ0v) is 12.1. The standard InChI is InChI=1S/C11H16F3N3O3S/c1-2-15-10-9(4-3-5-16-10)21(18,19)17-6-7-20-8-11(12,13)14/h3-5,17H,2,6-8H2,1H3,(H,15,16). The van der Waals surface area contributed by atoms with E-state index in [1.54, 1.807) is 6.92 Å². The SMILES string of the molecule is CCNc1ncccc1S(=O)(=O)NCCOCC(F)(F)F. The van der Waals surface area contributed by atoms with Crippen molar-refractivity contribution in [3.8, 4) is 0 Å². The third-order valence-electron chi connectivity index (χ3n) is 2.21. The summed E-state index contributed by atoms with van der Waals surface area (Å²) in [6, 6.07) is 2.81. The van der Waals surface area contributed by atoms with Crippen LogP contribution in [0.15, 0.2) is 23.2 Å². The summed E-state index contributed by atoms with van der Waals surface area (Å²) in [5.41, 5.74) is 0. The van der Waals surface area contributed by atoms with Crippen molar-refractivity contribution in [2.75, 3.05) is 31.6 Å². The topological polar surface area (TPSA) is 80.3 Å². The fourth-order valence-corrected chi connectivity index (χ4v) is 2.57. The number of anilines is 1. The molecule has 0 radical (unpaired) electrons. The van der Waals surface area contributed by atoms with Gasteiger partial charge in [0.05, 0.1) is 6.61 Å². The molecule has 0 bridgehead atoms. The van der Waals surface area contributed by atoms with Gasteiger partial charge in [-0.1, -0.05) is 0 Å². The van der Waals surface area contributed by atoms with Gasteiger partial charge in [0.25, 0.3) is 0 Å². The van der Waals surface area contributed by atoms with Gasteiger partial charge in [0.2, 0.25) is 10.0 Å². The van der Waals surface area contributed by atoms with E-state index >= 15 is 0 Å². The molecular weight excluding hydrogens is 311 g/mol. The summed E-state index contributed by atoms with van der Waals surface area (Å²) in [6.45, 7) is 0.205. The number of halogens is 3. The first kappa shape index (κ1) is 17.7. The van der Waals surface area contributed by atoms with Crippen LogP contribution in [0.25, 0.3) is 0 Å². The zero-order chi connectivity index (χ0) is 15.9. The number of hydrogen-bond acceptors (Lipinski definition) is 5. The highest BCUT2D eigenvalue weighted by Gasteiger charge is 2.27. The largest absolute Gasteiger partial charge is 0.411 e. The number of hydrogen-bond donors (Lipinski definition) is 2. The second-order valence-corrected chi connectivity index (χ2v) is 5.68. The van der Waals surface area contributed by atoms with Gasteiger partial charge in [0.15, 0.2) is 0 Å². The van der Waals surface area contributed by atoms with Crippen molar-refractivity contribution >= 4 is 15.8 Å². The second-order valence-electron chi connectivity index (χ2n) is 3.95. The van der Waals surface area contributed by atoms with Crippen molar-refractivity contribution in [3.05, 3.63) is 18.3 Å². The first-order chi connectivity index (χ1) is 9.76. The lowest BCUT2D eigenvalue weighted by Crippen LogP contribution is -2.29. The molecule has 0 amide bonds. The van der Waals surface area contributed by atoms with Gasteiger partial charge in [-0.05, 0) is 19.1 Å². The molecule has 0 saturated carbocycles. The number of alkyl halides is 3. The van der Waals surface area contributed by atoms with E-state index in [1.807, 2.05) is 0 Å². The molecule has 0 fully saturated rings. The van der Waals surface area contributed by atoms with E-state index in [2.05, 4.69) is 19.8 Å². The fourth-order valence-electron chi connectivity index (χ4n) is 1.42. The van der Waals surface area contributed by atoms with E-state index in [1.165, 1.54) is 18.3 Å². The fraction of sp³-hybridized carbons (Fsp3) is 0.545. The number of sulfonamides is 1. The van der Waals surface area contributed by atoms with E-state index in [0.717, 1.165) is 0 Å². The highest BCUT2D eigenvalue weighted by Crippen LogP contribution is 2.17. The molecule has 1 heterocycles. The molecule has 1 aromatic rings. The number of nitrogens with one attached hydrogen (secondary N) is 2. The Balaban J connectivity index is 2.58. The maximum absolute atomic E-state index is 12.0. The van der Waals surface area contributed by atoms with Crippen molar-refractivity contribution in [3.63, 3.8) is 0 Å². The van der Waals surface area contributed by atoms with Crippen molar-refractivity contribution in [1.29, 1.82) is 0 Å². The first-order valence-electron chi connectivity index (χ1n) is 6.09. The first-order valence-corrected chi connectivity index (χ1v) is 7.57. The van der Waals surface area contributed by atoms with Crippen LogP contribution in [0.3, 0.4) is 0 Å². The van der Waals surface area contributed by atoms with Crippen molar-refractivity contribution in [1.82, 2.24) is 9.71 Å². The molecule has 1 rings (SSSR count). The number of ether oxygens (including phenoxy) is 1. The monoisotopic (exact) mass is 327 g/mol. The summed E-state index contributed by atoms with van der Waals surface area (Å²) in [7, 11) is -3.87. The Hall–Kier alpha value is -1.39. The van der Waals surface area contributed by atoms with Gasteiger partial charge in [-0.25, -0.2) is 18.1 Å². The Morgan fingerprint density at radius 3 is 2.71 bits per heavy atom. The Bertz CT molecular complexity index is 549. The lowest BCUT2D eigenvalue weighted by Gasteiger charge is -2.11. The van der Waals surface area contributed by atoms with Crippen LogP contribution in [0, 0.1) is 0 Å². The minimum Gasteiger partial charge on any atom is -0.371 e. The molecule has 0 spiro atoms. The van der Waals surface area contributed by atoms with Crippen LogP contribution in [0.4, 0.5) is 19.0 Å². The molecule has 0 aliphatic carbocycles. The van der Waals surface area contributed by atoms with Gasteiger partial charge in [-0.15, -0.1) is 0 Å². The van der Waals surface area contributed by atoms with E-state index in [4.69, 9.17) is 0 Å². The van der Waals surface area contributed by atoms with Crippen LogP contribution >= 0.6 is 0 Å². The van der Waals surface area contributed by atoms with E-state index in [9.17, 15) is 21.6 Å². The van der Waals surface area contributed by atoms with Crippen LogP contribution < -0.4 is 10.0 Å². The Kier molecular flexibility index (Phi) is 6.37. The average molecular weight is 327 g/mol. The summed E-state index contributed by atoms with van der Waals surface area (Å²) < 4.78 is 66.0. The van der Waals surface area contributed by atoms with Crippen LogP contribution in [0.5, 0.6) is 0 Å². The summed E-state index contributed by atoms with van der Waals surface area (Å²) in [4.78, 5) is 3.83. The lowest BCUT2D eigenvalue weighted by molar-refractivity contribution is -0.173. The van der Waals surface area contributed by atoms with Crippen LogP contribution in [-0.2, 0) is 14.8 Å². The number of aromatic nitrogens is 1. The van der Waals surface area contributed by atoms with Gasteiger partial charge in [0, 0.05) is 19.3 Å². The maximum Gasteiger partial charge on any atom is 0.411 e. The Morgan fingerprint density at radius 2 is 2.10 bits per heavy atom. The molecule has 120 valence electrons.